The second-order valence-electron chi connectivity index (χ2n) is 9.97. The molecule has 6 aromatic rings. The van der Waals surface area contributed by atoms with Crippen LogP contribution in [0.15, 0.2) is 132 Å². The highest BCUT2D eigenvalue weighted by Gasteiger charge is 2.16. The van der Waals surface area contributed by atoms with E-state index in [-0.39, 0.29) is 0 Å². The van der Waals surface area contributed by atoms with Gasteiger partial charge < -0.3 is 9.13 Å². The Labute approximate surface area is 254 Å². The minimum absolute atomic E-state index is 0.743. The molecule has 0 saturated heterocycles. The molecule has 0 N–H and O–H groups in total. The molecule has 204 valence electrons. The average molecular weight is 596 g/mol. The minimum atomic E-state index is 0.743. The predicted molar refractivity (Wildman–Crippen MR) is 168 cm³/mol. The van der Waals surface area contributed by atoms with Gasteiger partial charge in [0.25, 0.3) is 0 Å². The van der Waals surface area contributed by atoms with E-state index >= 15 is 0 Å². The van der Waals surface area contributed by atoms with Gasteiger partial charge in [-0.1, -0.05) is 83.5 Å². The van der Waals surface area contributed by atoms with Crippen LogP contribution in [0.1, 0.15) is 33.4 Å². The largest absolute Gasteiger partial charge is 0.333 e. The lowest BCUT2D eigenvalue weighted by Crippen LogP contribution is -2.06. The Kier molecular flexibility index (Phi) is 8.57. The van der Waals surface area contributed by atoms with Crippen molar-refractivity contribution in [1.29, 1.82) is 0 Å². The van der Waals surface area contributed by atoms with Gasteiger partial charge in [-0.05, 0) is 82.6 Å². The van der Waals surface area contributed by atoms with E-state index in [1.54, 1.807) is 0 Å². The second-order valence-corrected chi connectivity index (χ2v) is 11.9. The zero-order valence-electron chi connectivity index (χ0n) is 22.3. The topological polar surface area (TPSA) is 35.6 Å². The number of aromatic nitrogens is 4. The number of imidazole rings is 2. The highest BCUT2D eigenvalue weighted by molar-refractivity contribution is 7.99. The highest BCUT2D eigenvalue weighted by Crippen LogP contribution is 2.37. The van der Waals surface area contributed by atoms with Crippen molar-refractivity contribution in [2.45, 2.75) is 35.7 Å². The van der Waals surface area contributed by atoms with E-state index < -0.39 is 0 Å². The van der Waals surface area contributed by atoms with Crippen molar-refractivity contribution in [2.75, 3.05) is 0 Å². The molecule has 41 heavy (non-hydrogen) atoms. The van der Waals surface area contributed by atoms with E-state index in [2.05, 4.69) is 79.8 Å². The third-order valence-electron chi connectivity index (χ3n) is 7.10. The minimum Gasteiger partial charge on any atom is -0.333 e. The predicted octanol–water partition coefficient (Wildman–Crippen LogP) is 8.82. The van der Waals surface area contributed by atoms with Crippen LogP contribution in [0.3, 0.4) is 0 Å². The summed E-state index contributed by atoms with van der Waals surface area (Å²) in [6.45, 7) is 1.49. The van der Waals surface area contributed by atoms with Crippen molar-refractivity contribution < 1.29 is 0 Å². The van der Waals surface area contributed by atoms with Gasteiger partial charge in [0.1, 0.15) is 0 Å². The van der Waals surface area contributed by atoms with Gasteiger partial charge in [0.15, 0.2) is 0 Å². The van der Waals surface area contributed by atoms with Gasteiger partial charge in [-0.3, -0.25) is 0 Å². The lowest BCUT2D eigenvalue weighted by molar-refractivity contribution is 0.770. The fourth-order valence-corrected chi connectivity index (χ4v) is 6.41. The molecule has 4 aromatic carbocycles. The SMILES string of the molecule is Clc1ccc(Cc2cccc(Sc3cccc(Cc4ccc(Cl)cc4)c3Cn3ccnc3)c2Cn2ccnc2)cc1. The first-order valence-corrected chi connectivity index (χ1v) is 15.0. The summed E-state index contributed by atoms with van der Waals surface area (Å²) in [4.78, 5) is 11.1. The van der Waals surface area contributed by atoms with Gasteiger partial charge in [0.2, 0.25) is 0 Å². The maximum atomic E-state index is 6.17. The van der Waals surface area contributed by atoms with Crippen LogP contribution in [-0.2, 0) is 25.9 Å². The van der Waals surface area contributed by atoms with Crippen molar-refractivity contribution in [1.82, 2.24) is 19.1 Å². The van der Waals surface area contributed by atoms with Gasteiger partial charge in [-0.25, -0.2) is 9.97 Å². The van der Waals surface area contributed by atoms with Gasteiger partial charge >= 0.3 is 0 Å². The molecule has 0 aliphatic heterocycles. The highest BCUT2D eigenvalue weighted by atomic mass is 35.5. The Balaban J connectivity index is 1.39. The third kappa shape index (κ3) is 6.94. The fraction of sp³-hybridized carbons (Fsp3) is 0.118. The van der Waals surface area contributed by atoms with E-state index in [1.807, 2.05) is 73.5 Å². The van der Waals surface area contributed by atoms with E-state index in [9.17, 15) is 0 Å². The maximum Gasteiger partial charge on any atom is 0.0949 e. The second kappa shape index (κ2) is 12.8. The molecule has 0 bridgehead atoms. The number of nitrogens with zero attached hydrogens (tertiary/aromatic N) is 4. The Morgan fingerprint density at radius 3 is 1.39 bits per heavy atom. The molecule has 7 heteroatoms. The smallest absolute Gasteiger partial charge is 0.0949 e. The van der Waals surface area contributed by atoms with Gasteiger partial charge in [0, 0.05) is 57.7 Å². The molecule has 2 heterocycles. The molecule has 0 saturated carbocycles. The van der Waals surface area contributed by atoms with Crippen molar-refractivity contribution >= 4 is 35.0 Å². The van der Waals surface area contributed by atoms with Crippen molar-refractivity contribution in [3.05, 3.63) is 166 Å². The summed E-state index contributed by atoms with van der Waals surface area (Å²) >= 11 is 14.2. The molecule has 0 spiro atoms. The summed E-state index contributed by atoms with van der Waals surface area (Å²) in [6.07, 6.45) is 13.1. The number of rotatable bonds is 10. The summed E-state index contributed by atoms with van der Waals surface area (Å²) in [5.74, 6) is 0. The summed E-state index contributed by atoms with van der Waals surface area (Å²) < 4.78 is 4.27. The number of benzene rings is 4. The first-order chi connectivity index (χ1) is 20.1. The molecule has 6 rings (SSSR count). The van der Waals surface area contributed by atoms with E-state index in [1.165, 1.54) is 43.2 Å². The van der Waals surface area contributed by atoms with Gasteiger partial charge in [-0.15, -0.1) is 0 Å². The first kappa shape index (κ1) is 27.4. The van der Waals surface area contributed by atoms with Gasteiger partial charge in [0.05, 0.1) is 12.7 Å². The summed E-state index contributed by atoms with van der Waals surface area (Å²) in [5.41, 5.74) is 7.63. The normalized spacial score (nSPS) is 11.2. The first-order valence-electron chi connectivity index (χ1n) is 13.4. The van der Waals surface area contributed by atoms with Crippen molar-refractivity contribution in [2.24, 2.45) is 0 Å². The number of halogens is 2. The van der Waals surface area contributed by atoms with Crippen LogP contribution in [0.4, 0.5) is 0 Å². The molecule has 2 aromatic heterocycles. The molecular weight excluding hydrogens is 567 g/mol. The fourth-order valence-electron chi connectivity index (χ4n) is 4.99. The number of hydrogen-bond acceptors (Lipinski definition) is 3. The van der Waals surface area contributed by atoms with Crippen molar-refractivity contribution in [3.8, 4) is 0 Å². The standard InChI is InChI=1S/C34H28Cl2N4S/c35-29-11-7-25(8-12-29)19-27-3-1-5-33(31(27)21-39-17-15-37-23-39)41-34-6-2-4-28(20-26-9-13-30(36)14-10-26)32(34)22-40-18-16-38-24-40/h1-18,23-24H,19-22H2. The lowest BCUT2D eigenvalue weighted by atomic mass is 9.99. The Bertz CT molecular complexity index is 1580. The molecule has 0 aliphatic carbocycles. The van der Waals surface area contributed by atoms with Crippen LogP contribution in [0.2, 0.25) is 10.0 Å². The zero-order chi connectivity index (χ0) is 28.0. The van der Waals surface area contributed by atoms with Crippen LogP contribution in [0.5, 0.6) is 0 Å². The van der Waals surface area contributed by atoms with E-state index in [4.69, 9.17) is 23.2 Å². The quantitative estimate of drug-likeness (QED) is 0.159. The Hall–Kier alpha value is -3.77. The van der Waals surface area contributed by atoms with Gasteiger partial charge in [-0.2, -0.15) is 0 Å². The molecular formula is C34H28Cl2N4S. The average Bonchev–Trinajstić information content (AvgIpc) is 3.69. The van der Waals surface area contributed by atoms with Crippen LogP contribution >= 0.6 is 35.0 Å². The van der Waals surface area contributed by atoms with Crippen molar-refractivity contribution in [3.63, 3.8) is 0 Å². The molecule has 0 aliphatic rings. The summed E-state index contributed by atoms with van der Waals surface area (Å²) in [6, 6.07) is 29.5. The molecule has 0 radical (unpaired) electrons. The van der Waals surface area contributed by atoms with Crippen LogP contribution < -0.4 is 0 Å². The van der Waals surface area contributed by atoms with Crippen LogP contribution in [0, 0.1) is 0 Å². The maximum absolute atomic E-state index is 6.17. The zero-order valence-corrected chi connectivity index (χ0v) is 24.7. The molecule has 0 unspecified atom stereocenters. The number of hydrogen-bond donors (Lipinski definition) is 0. The summed E-state index contributed by atoms with van der Waals surface area (Å²) in [7, 11) is 0. The van der Waals surface area contributed by atoms with Crippen LogP contribution in [0.25, 0.3) is 0 Å². The molecule has 0 atom stereocenters. The van der Waals surface area contributed by atoms with E-state index in [0.717, 1.165) is 36.0 Å². The molecule has 0 fully saturated rings. The third-order valence-corrected chi connectivity index (χ3v) is 8.80. The monoisotopic (exact) mass is 594 g/mol. The lowest BCUT2D eigenvalue weighted by Gasteiger charge is -2.19. The molecule has 4 nitrogen and oxygen atoms in total. The van der Waals surface area contributed by atoms with Crippen LogP contribution in [-0.4, -0.2) is 19.1 Å². The Morgan fingerprint density at radius 1 is 0.561 bits per heavy atom. The Morgan fingerprint density at radius 2 is 1.00 bits per heavy atom. The summed E-state index contributed by atoms with van der Waals surface area (Å²) in [5, 5.41) is 1.50. The van der Waals surface area contributed by atoms with E-state index in [0.29, 0.717) is 0 Å². The molecule has 0 amide bonds.